The molecular weight excluding hydrogens is 322 g/mol. The SMILES string of the molecule is C=C(C)n1c(=O)n(C(=O)CCCCCCC)c2cc([N+](=O)[O-])ccc21. The zero-order chi connectivity index (χ0) is 18.6. The molecule has 0 saturated carbocycles. The number of nitro groups is 1. The quantitative estimate of drug-likeness (QED) is 0.407. The van der Waals surface area contributed by atoms with Gasteiger partial charge < -0.3 is 0 Å². The zero-order valence-corrected chi connectivity index (χ0v) is 14.7. The number of nitrogens with zero attached hydrogens (tertiary/aromatic N) is 3. The highest BCUT2D eigenvalue weighted by atomic mass is 16.6. The van der Waals surface area contributed by atoms with Crippen LogP contribution in [0, 0.1) is 10.1 Å². The van der Waals surface area contributed by atoms with Gasteiger partial charge in [0.1, 0.15) is 0 Å². The van der Waals surface area contributed by atoms with Crippen molar-refractivity contribution in [3.8, 4) is 0 Å². The first-order valence-corrected chi connectivity index (χ1v) is 8.49. The lowest BCUT2D eigenvalue weighted by Gasteiger charge is -2.02. The molecule has 134 valence electrons. The summed E-state index contributed by atoms with van der Waals surface area (Å²) < 4.78 is 2.35. The Balaban J connectivity index is 2.43. The standard InChI is InChI=1S/C18H23N3O4/c1-4-5-6-7-8-9-17(22)20-16-12-14(21(24)25)10-11-15(16)19(13(2)3)18(20)23/h10-12H,2,4-9H2,1,3H3. The van der Waals surface area contributed by atoms with Gasteiger partial charge in [0.25, 0.3) is 5.69 Å². The van der Waals surface area contributed by atoms with E-state index in [1.807, 2.05) is 0 Å². The fourth-order valence-corrected chi connectivity index (χ4v) is 2.90. The smallest absolute Gasteiger partial charge is 0.274 e. The van der Waals surface area contributed by atoms with E-state index in [2.05, 4.69) is 13.5 Å². The fraction of sp³-hybridized carbons (Fsp3) is 0.444. The summed E-state index contributed by atoms with van der Waals surface area (Å²) in [4.78, 5) is 35.7. The Kier molecular flexibility index (Phi) is 5.90. The maximum absolute atomic E-state index is 12.7. The maximum atomic E-state index is 12.7. The van der Waals surface area contributed by atoms with E-state index in [-0.39, 0.29) is 23.5 Å². The lowest BCUT2D eigenvalue weighted by molar-refractivity contribution is -0.384. The number of aromatic nitrogens is 2. The van der Waals surface area contributed by atoms with Gasteiger partial charge in [-0.25, -0.2) is 9.36 Å². The first kappa shape index (κ1) is 18.6. The van der Waals surface area contributed by atoms with Crippen LogP contribution in [0.5, 0.6) is 0 Å². The molecule has 1 aromatic carbocycles. The van der Waals surface area contributed by atoms with Gasteiger partial charge >= 0.3 is 5.69 Å². The molecule has 2 rings (SSSR count). The van der Waals surface area contributed by atoms with E-state index >= 15 is 0 Å². The molecule has 0 spiro atoms. The molecule has 0 aliphatic heterocycles. The van der Waals surface area contributed by atoms with Crippen LogP contribution in [-0.2, 0) is 0 Å². The van der Waals surface area contributed by atoms with Crippen molar-refractivity contribution in [3.63, 3.8) is 0 Å². The second-order valence-corrected chi connectivity index (χ2v) is 6.18. The Hall–Kier alpha value is -2.70. The van der Waals surface area contributed by atoms with Crippen LogP contribution < -0.4 is 5.69 Å². The molecule has 0 atom stereocenters. The first-order chi connectivity index (χ1) is 11.9. The lowest BCUT2D eigenvalue weighted by atomic mass is 10.1. The van der Waals surface area contributed by atoms with Crippen molar-refractivity contribution >= 4 is 28.3 Å². The zero-order valence-electron chi connectivity index (χ0n) is 14.7. The predicted molar refractivity (Wildman–Crippen MR) is 97.9 cm³/mol. The Morgan fingerprint density at radius 2 is 1.84 bits per heavy atom. The average molecular weight is 345 g/mol. The summed E-state index contributed by atoms with van der Waals surface area (Å²) in [7, 11) is 0. The van der Waals surface area contributed by atoms with Gasteiger partial charge in [0, 0.05) is 24.3 Å². The molecule has 0 N–H and O–H groups in total. The topological polar surface area (TPSA) is 87.1 Å². The number of allylic oxidation sites excluding steroid dienone is 1. The van der Waals surface area contributed by atoms with Crippen LogP contribution in [0.3, 0.4) is 0 Å². The van der Waals surface area contributed by atoms with Crippen LogP contribution in [0.4, 0.5) is 5.69 Å². The van der Waals surface area contributed by atoms with Gasteiger partial charge in [-0.05, 0) is 19.4 Å². The third kappa shape index (κ3) is 3.87. The van der Waals surface area contributed by atoms with Crippen molar-refractivity contribution in [2.75, 3.05) is 0 Å². The molecule has 0 aliphatic carbocycles. The number of unbranched alkanes of at least 4 members (excludes halogenated alkanes) is 4. The molecular formula is C18H23N3O4. The van der Waals surface area contributed by atoms with Crippen LogP contribution in [0.1, 0.15) is 57.2 Å². The van der Waals surface area contributed by atoms with E-state index in [1.54, 1.807) is 6.92 Å². The van der Waals surface area contributed by atoms with Crippen LogP contribution in [-0.4, -0.2) is 20.0 Å². The summed E-state index contributed by atoms with van der Waals surface area (Å²) in [5.41, 5.74) is 0.471. The number of fused-ring (bicyclic) bond motifs is 1. The van der Waals surface area contributed by atoms with Gasteiger partial charge in [-0.15, -0.1) is 0 Å². The van der Waals surface area contributed by atoms with Crippen molar-refractivity contribution in [1.29, 1.82) is 0 Å². The van der Waals surface area contributed by atoms with Crippen LogP contribution >= 0.6 is 0 Å². The van der Waals surface area contributed by atoms with E-state index in [0.717, 1.165) is 30.3 Å². The molecule has 0 saturated heterocycles. The molecule has 25 heavy (non-hydrogen) atoms. The molecule has 1 heterocycles. The summed E-state index contributed by atoms with van der Waals surface area (Å²) in [5.74, 6) is -0.341. The molecule has 1 aromatic heterocycles. The highest BCUT2D eigenvalue weighted by molar-refractivity contribution is 5.92. The monoisotopic (exact) mass is 345 g/mol. The summed E-state index contributed by atoms with van der Waals surface area (Å²) in [5, 5.41) is 11.0. The fourth-order valence-electron chi connectivity index (χ4n) is 2.90. The van der Waals surface area contributed by atoms with Gasteiger partial charge in [0.15, 0.2) is 0 Å². The minimum Gasteiger partial charge on any atom is -0.274 e. The maximum Gasteiger partial charge on any atom is 0.340 e. The Labute approximate surface area is 145 Å². The second-order valence-electron chi connectivity index (χ2n) is 6.18. The van der Waals surface area contributed by atoms with E-state index in [4.69, 9.17) is 0 Å². The number of hydrogen-bond acceptors (Lipinski definition) is 4. The molecule has 7 heteroatoms. The summed E-state index contributed by atoms with van der Waals surface area (Å²) in [6.45, 7) is 7.54. The molecule has 7 nitrogen and oxygen atoms in total. The molecule has 0 aliphatic rings. The van der Waals surface area contributed by atoms with Gasteiger partial charge in [0.05, 0.1) is 16.0 Å². The second kappa shape index (κ2) is 7.92. The van der Waals surface area contributed by atoms with Crippen molar-refractivity contribution in [1.82, 2.24) is 9.13 Å². The predicted octanol–water partition coefficient (Wildman–Crippen LogP) is 4.20. The molecule has 0 radical (unpaired) electrons. The number of rotatable bonds is 8. The number of non-ortho nitro benzene ring substituents is 1. The largest absolute Gasteiger partial charge is 0.340 e. The number of imidazole rings is 1. The average Bonchev–Trinajstić information content (AvgIpc) is 2.85. The summed E-state index contributed by atoms with van der Waals surface area (Å²) >= 11 is 0. The normalized spacial score (nSPS) is 11.0. The number of carbonyl (C=O) groups excluding carboxylic acids is 1. The Bertz CT molecular complexity index is 876. The van der Waals surface area contributed by atoms with Crippen LogP contribution in [0.15, 0.2) is 29.6 Å². The molecule has 2 aromatic rings. The highest BCUT2D eigenvalue weighted by Gasteiger charge is 2.21. The Morgan fingerprint density at radius 1 is 1.16 bits per heavy atom. The Morgan fingerprint density at radius 3 is 2.44 bits per heavy atom. The summed E-state index contributed by atoms with van der Waals surface area (Å²) in [6.07, 6.45) is 5.14. The van der Waals surface area contributed by atoms with E-state index < -0.39 is 10.6 Å². The number of hydrogen-bond donors (Lipinski definition) is 0. The van der Waals surface area contributed by atoms with Crippen molar-refractivity contribution in [2.24, 2.45) is 0 Å². The third-order valence-corrected chi connectivity index (χ3v) is 4.16. The number of carbonyl (C=O) groups is 1. The summed E-state index contributed by atoms with van der Waals surface area (Å²) in [6, 6.07) is 4.07. The van der Waals surface area contributed by atoms with Gasteiger partial charge in [-0.3, -0.25) is 19.5 Å². The van der Waals surface area contributed by atoms with E-state index in [9.17, 15) is 19.7 Å². The lowest BCUT2D eigenvalue weighted by Crippen LogP contribution is -2.28. The highest BCUT2D eigenvalue weighted by Crippen LogP contribution is 2.22. The van der Waals surface area contributed by atoms with Crippen molar-refractivity contribution in [2.45, 2.75) is 52.4 Å². The number of benzene rings is 1. The van der Waals surface area contributed by atoms with Crippen molar-refractivity contribution < 1.29 is 9.72 Å². The third-order valence-electron chi connectivity index (χ3n) is 4.16. The van der Waals surface area contributed by atoms with Crippen LogP contribution in [0.25, 0.3) is 16.7 Å². The minimum atomic E-state index is -0.540. The van der Waals surface area contributed by atoms with Gasteiger partial charge in [-0.2, -0.15) is 0 Å². The van der Waals surface area contributed by atoms with Gasteiger partial charge in [0.2, 0.25) is 5.91 Å². The van der Waals surface area contributed by atoms with Crippen molar-refractivity contribution in [3.05, 3.63) is 45.4 Å². The van der Waals surface area contributed by atoms with E-state index in [1.165, 1.54) is 22.8 Å². The molecule has 0 unspecified atom stereocenters. The molecule has 0 fully saturated rings. The molecule has 0 amide bonds. The van der Waals surface area contributed by atoms with Crippen LogP contribution in [0.2, 0.25) is 0 Å². The van der Waals surface area contributed by atoms with Gasteiger partial charge in [-0.1, -0.05) is 39.2 Å². The van der Waals surface area contributed by atoms with E-state index in [0.29, 0.717) is 17.6 Å². The molecule has 0 bridgehead atoms. The first-order valence-electron chi connectivity index (χ1n) is 8.49. The minimum absolute atomic E-state index is 0.157. The number of nitro benzene ring substituents is 1.